The Hall–Kier alpha value is -3.15. The summed E-state index contributed by atoms with van der Waals surface area (Å²) in [5.41, 5.74) is 2.47. The molecule has 24 heavy (non-hydrogen) atoms. The second kappa shape index (κ2) is 5.81. The number of furan rings is 1. The first-order valence-corrected chi connectivity index (χ1v) is 7.58. The second-order valence-electron chi connectivity index (χ2n) is 5.50. The lowest BCUT2D eigenvalue weighted by molar-refractivity contribution is 0.0665. The van der Waals surface area contributed by atoms with Crippen LogP contribution in [0.4, 0.5) is 5.69 Å². The minimum absolute atomic E-state index is 0.0538. The fourth-order valence-corrected chi connectivity index (χ4v) is 2.65. The van der Waals surface area contributed by atoms with E-state index in [2.05, 4.69) is 5.32 Å². The summed E-state index contributed by atoms with van der Waals surface area (Å²) in [5.74, 6) is 0.368. The van der Waals surface area contributed by atoms with Crippen LogP contribution in [0.5, 0.6) is 11.5 Å². The summed E-state index contributed by atoms with van der Waals surface area (Å²) in [6.45, 7) is 1.71. The maximum Gasteiger partial charge on any atom is 0.371 e. The standard InChI is InChI=1S/C18H15NO5/c20-18(21)17-8-12-2-1-11(7-15(12)24-17)10-19-13-3-4-14-16(9-13)23-6-5-22-14/h1-4,7-9,19H,5-6,10H2,(H,20,21). The number of anilines is 1. The monoisotopic (exact) mass is 325 g/mol. The molecule has 0 aliphatic carbocycles. The van der Waals surface area contributed by atoms with Gasteiger partial charge in [-0.25, -0.2) is 4.79 Å². The molecule has 0 radical (unpaired) electrons. The molecule has 0 atom stereocenters. The summed E-state index contributed by atoms with van der Waals surface area (Å²) >= 11 is 0. The topological polar surface area (TPSA) is 80.9 Å². The molecule has 1 aliphatic heterocycles. The summed E-state index contributed by atoms with van der Waals surface area (Å²) in [7, 11) is 0. The van der Waals surface area contributed by atoms with Crippen molar-refractivity contribution in [1.82, 2.24) is 0 Å². The maximum atomic E-state index is 11.0. The van der Waals surface area contributed by atoms with Crippen molar-refractivity contribution in [1.29, 1.82) is 0 Å². The lowest BCUT2D eigenvalue weighted by Crippen LogP contribution is -2.15. The zero-order valence-corrected chi connectivity index (χ0v) is 12.7. The van der Waals surface area contributed by atoms with E-state index in [1.54, 1.807) is 0 Å². The van der Waals surface area contributed by atoms with Crippen LogP contribution in [-0.2, 0) is 6.54 Å². The van der Waals surface area contributed by atoms with E-state index in [4.69, 9.17) is 19.0 Å². The zero-order chi connectivity index (χ0) is 16.5. The predicted octanol–water partition coefficient (Wildman–Crippen LogP) is 3.51. The Balaban J connectivity index is 1.51. The van der Waals surface area contributed by atoms with Gasteiger partial charge in [-0.15, -0.1) is 0 Å². The Morgan fingerprint density at radius 2 is 1.88 bits per heavy atom. The third-order valence-electron chi connectivity index (χ3n) is 3.83. The van der Waals surface area contributed by atoms with Crippen LogP contribution in [0.2, 0.25) is 0 Å². The Kier molecular flexibility index (Phi) is 3.49. The van der Waals surface area contributed by atoms with Crippen LogP contribution in [0.25, 0.3) is 11.0 Å². The van der Waals surface area contributed by atoms with Crippen LogP contribution in [-0.4, -0.2) is 24.3 Å². The molecule has 2 heterocycles. The summed E-state index contributed by atoms with van der Waals surface area (Å²) in [5, 5.41) is 13.1. The average Bonchev–Trinajstić information content (AvgIpc) is 3.03. The lowest BCUT2D eigenvalue weighted by atomic mass is 10.1. The first-order chi connectivity index (χ1) is 11.7. The number of carboxylic acid groups (broad SMARTS) is 1. The smallest absolute Gasteiger partial charge is 0.371 e. The highest BCUT2D eigenvalue weighted by molar-refractivity contribution is 5.91. The fourth-order valence-electron chi connectivity index (χ4n) is 2.65. The van der Waals surface area contributed by atoms with Gasteiger partial charge in [0.05, 0.1) is 0 Å². The summed E-state index contributed by atoms with van der Waals surface area (Å²) in [4.78, 5) is 11.0. The van der Waals surface area contributed by atoms with Gasteiger partial charge in [-0.05, 0) is 29.8 Å². The van der Waals surface area contributed by atoms with Crippen LogP contribution < -0.4 is 14.8 Å². The van der Waals surface area contributed by atoms with E-state index in [0.29, 0.717) is 25.3 Å². The Morgan fingerprint density at radius 1 is 1.04 bits per heavy atom. The number of ether oxygens (including phenoxy) is 2. The molecule has 0 spiro atoms. The molecule has 2 N–H and O–H groups in total. The highest BCUT2D eigenvalue weighted by atomic mass is 16.6. The number of hydrogen-bond acceptors (Lipinski definition) is 5. The average molecular weight is 325 g/mol. The van der Waals surface area contributed by atoms with Crippen LogP contribution >= 0.6 is 0 Å². The molecule has 1 aliphatic rings. The Labute approximate surface area is 137 Å². The molecule has 0 unspecified atom stereocenters. The van der Waals surface area contributed by atoms with Crippen molar-refractivity contribution in [3.63, 3.8) is 0 Å². The quantitative estimate of drug-likeness (QED) is 0.764. The van der Waals surface area contributed by atoms with Crippen molar-refractivity contribution in [2.24, 2.45) is 0 Å². The molecule has 4 rings (SSSR count). The molecule has 0 fully saturated rings. The van der Waals surface area contributed by atoms with E-state index in [1.165, 1.54) is 6.07 Å². The largest absolute Gasteiger partial charge is 0.486 e. The third-order valence-corrected chi connectivity index (χ3v) is 3.83. The first-order valence-electron chi connectivity index (χ1n) is 7.58. The first kappa shape index (κ1) is 14.4. The number of rotatable bonds is 4. The minimum Gasteiger partial charge on any atom is -0.486 e. The molecule has 1 aromatic heterocycles. The van der Waals surface area contributed by atoms with E-state index in [0.717, 1.165) is 28.1 Å². The number of carbonyl (C=O) groups is 1. The van der Waals surface area contributed by atoms with Crippen molar-refractivity contribution < 1.29 is 23.8 Å². The predicted molar refractivity (Wildman–Crippen MR) is 87.9 cm³/mol. The van der Waals surface area contributed by atoms with Gasteiger partial charge < -0.3 is 24.3 Å². The number of hydrogen-bond donors (Lipinski definition) is 2. The molecular formula is C18H15NO5. The number of nitrogens with one attached hydrogen (secondary N) is 1. The molecule has 122 valence electrons. The van der Waals surface area contributed by atoms with E-state index < -0.39 is 5.97 Å². The molecule has 0 saturated heterocycles. The molecule has 3 aromatic rings. The van der Waals surface area contributed by atoms with Gasteiger partial charge >= 0.3 is 5.97 Å². The van der Waals surface area contributed by atoms with Crippen molar-refractivity contribution >= 4 is 22.6 Å². The van der Waals surface area contributed by atoms with Crippen molar-refractivity contribution in [2.45, 2.75) is 6.54 Å². The highest BCUT2D eigenvalue weighted by Gasteiger charge is 2.12. The summed E-state index contributed by atoms with van der Waals surface area (Å²) < 4.78 is 16.4. The zero-order valence-electron chi connectivity index (χ0n) is 12.7. The maximum absolute atomic E-state index is 11.0. The normalized spacial score (nSPS) is 13.0. The van der Waals surface area contributed by atoms with Crippen molar-refractivity contribution in [2.75, 3.05) is 18.5 Å². The van der Waals surface area contributed by atoms with Crippen molar-refractivity contribution in [3.05, 3.63) is 53.8 Å². The Bertz CT molecular complexity index is 915. The highest BCUT2D eigenvalue weighted by Crippen LogP contribution is 2.32. The molecular weight excluding hydrogens is 310 g/mol. The molecule has 0 saturated carbocycles. The minimum atomic E-state index is -1.07. The number of aromatic carboxylic acids is 1. The third kappa shape index (κ3) is 2.74. The van der Waals surface area contributed by atoms with Gasteiger partial charge in [0.25, 0.3) is 0 Å². The SMILES string of the molecule is O=C(O)c1cc2ccc(CNc3ccc4c(c3)OCCO4)cc2o1. The van der Waals surface area contributed by atoms with Gasteiger partial charge in [0.15, 0.2) is 11.5 Å². The van der Waals surface area contributed by atoms with Gasteiger partial charge in [-0.2, -0.15) is 0 Å². The second-order valence-corrected chi connectivity index (χ2v) is 5.50. The van der Waals surface area contributed by atoms with Crippen molar-refractivity contribution in [3.8, 4) is 11.5 Å². The van der Waals surface area contributed by atoms with Gasteiger partial charge in [-0.1, -0.05) is 12.1 Å². The molecule has 6 nitrogen and oxygen atoms in total. The van der Waals surface area contributed by atoms with Crippen LogP contribution in [0.3, 0.4) is 0 Å². The number of fused-ring (bicyclic) bond motifs is 2. The lowest BCUT2D eigenvalue weighted by Gasteiger charge is -2.19. The van der Waals surface area contributed by atoms with Gasteiger partial charge in [0.2, 0.25) is 5.76 Å². The molecule has 6 heteroatoms. The van der Waals surface area contributed by atoms with Gasteiger partial charge in [0, 0.05) is 23.7 Å². The van der Waals surface area contributed by atoms with E-state index in [1.807, 2.05) is 36.4 Å². The van der Waals surface area contributed by atoms with Gasteiger partial charge in [-0.3, -0.25) is 0 Å². The fraction of sp³-hybridized carbons (Fsp3) is 0.167. The van der Waals surface area contributed by atoms with Crippen LogP contribution in [0.1, 0.15) is 16.1 Å². The number of benzene rings is 2. The van der Waals surface area contributed by atoms with E-state index in [-0.39, 0.29) is 5.76 Å². The van der Waals surface area contributed by atoms with Crippen LogP contribution in [0.15, 0.2) is 46.9 Å². The number of carboxylic acids is 1. The van der Waals surface area contributed by atoms with Gasteiger partial charge in [0.1, 0.15) is 18.8 Å². The van der Waals surface area contributed by atoms with Crippen LogP contribution in [0, 0.1) is 0 Å². The molecule has 0 amide bonds. The molecule has 2 aromatic carbocycles. The summed E-state index contributed by atoms with van der Waals surface area (Å²) in [6.07, 6.45) is 0. The van der Waals surface area contributed by atoms with E-state index in [9.17, 15) is 4.79 Å². The molecule has 0 bridgehead atoms. The Morgan fingerprint density at radius 3 is 2.71 bits per heavy atom. The summed E-state index contributed by atoms with van der Waals surface area (Å²) in [6, 6.07) is 12.9. The van der Waals surface area contributed by atoms with E-state index >= 15 is 0 Å².